The Morgan fingerprint density at radius 1 is 1.50 bits per heavy atom. The predicted molar refractivity (Wildman–Crippen MR) is 58.7 cm³/mol. The van der Waals surface area contributed by atoms with Gasteiger partial charge in [-0.3, -0.25) is 4.90 Å². The monoisotopic (exact) mass is 211 g/mol. The lowest BCUT2D eigenvalue weighted by atomic mass is 10.2. The highest BCUT2D eigenvalue weighted by atomic mass is 35.5. The molecule has 1 aromatic rings. The maximum atomic E-state index is 6.06. The summed E-state index contributed by atoms with van der Waals surface area (Å²) < 4.78 is 0. The van der Waals surface area contributed by atoms with E-state index >= 15 is 0 Å². The van der Waals surface area contributed by atoms with Crippen LogP contribution in [0.15, 0.2) is 12.1 Å². The first kappa shape index (κ1) is 9.74. The van der Waals surface area contributed by atoms with E-state index in [1.807, 2.05) is 19.2 Å². The number of halogens is 1. The van der Waals surface area contributed by atoms with E-state index in [9.17, 15) is 0 Å². The van der Waals surface area contributed by atoms with Crippen molar-refractivity contribution in [1.29, 1.82) is 0 Å². The van der Waals surface area contributed by atoms with Crippen molar-refractivity contribution in [3.8, 4) is 0 Å². The molecule has 1 aliphatic rings. The maximum absolute atomic E-state index is 6.06. The quantitative estimate of drug-likeness (QED) is 0.829. The maximum Gasteiger partial charge on any atom is 0.126 e. The summed E-state index contributed by atoms with van der Waals surface area (Å²) in [6, 6.07) is 3.79. The van der Waals surface area contributed by atoms with Crippen LogP contribution >= 0.6 is 11.6 Å². The molecule has 1 aromatic heterocycles. The zero-order valence-electron chi connectivity index (χ0n) is 8.26. The van der Waals surface area contributed by atoms with Crippen molar-refractivity contribution in [2.45, 2.75) is 13.0 Å². The molecular weight excluding hydrogens is 198 g/mol. The molecule has 1 N–H and O–H groups in total. The van der Waals surface area contributed by atoms with Crippen molar-refractivity contribution in [3.63, 3.8) is 0 Å². The van der Waals surface area contributed by atoms with Gasteiger partial charge in [0.1, 0.15) is 5.82 Å². The molecule has 0 atom stereocenters. The van der Waals surface area contributed by atoms with Gasteiger partial charge >= 0.3 is 0 Å². The van der Waals surface area contributed by atoms with Gasteiger partial charge in [-0.15, -0.1) is 0 Å². The van der Waals surface area contributed by atoms with Crippen LogP contribution in [0.2, 0.25) is 5.02 Å². The summed E-state index contributed by atoms with van der Waals surface area (Å²) in [6.07, 6.45) is 1.29. The van der Waals surface area contributed by atoms with E-state index in [-0.39, 0.29) is 0 Å². The van der Waals surface area contributed by atoms with Crippen LogP contribution in [0.25, 0.3) is 0 Å². The normalized spacial score (nSPS) is 16.4. The lowest BCUT2D eigenvalue weighted by Crippen LogP contribution is -2.36. The smallest absolute Gasteiger partial charge is 0.126 e. The number of hydrogen-bond acceptors (Lipinski definition) is 3. The van der Waals surface area contributed by atoms with E-state index in [0.717, 1.165) is 23.1 Å². The van der Waals surface area contributed by atoms with Crippen LogP contribution in [0.4, 0.5) is 5.82 Å². The van der Waals surface area contributed by atoms with Crippen molar-refractivity contribution in [3.05, 3.63) is 22.8 Å². The van der Waals surface area contributed by atoms with E-state index in [4.69, 9.17) is 11.6 Å². The minimum atomic E-state index is 0.760. The number of aromatic nitrogens is 1. The third-order valence-electron chi connectivity index (χ3n) is 2.50. The van der Waals surface area contributed by atoms with Crippen LogP contribution in [-0.4, -0.2) is 30.0 Å². The lowest BCUT2D eigenvalue weighted by Gasteiger charge is -2.30. The highest BCUT2D eigenvalue weighted by Gasteiger charge is 2.16. The first-order valence-electron chi connectivity index (χ1n) is 4.85. The predicted octanol–water partition coefficient (Wildman–Crippen LogP) is 1.98. The SMILES string of the molecule is CNc1ccc(Cl)c(CN2CCC2)n1. The highest BCUT2D eigenvalue weighted by molar-refractivity contribution is 6.31. The second kappa shape index (κ2) is 4.15. The largest absolute Gasteiger partial charge is 0.373 e. The van der Waals surface area contributed by atoms with Gasteiger partial charge in [0, 0.05) is 13.6 Å². The summed E-state index contributed by atoms with van der Waals surface area (Å²) in [5.74, 6) is 0.880. The average molecular weight is 212 g/mol. The zero-order chi connectivity index (χ0) is 9.97. The van der Waals surface area contributed by atoms with Crippen LogP contribution in [0.1, 0.15) is 12.1 Å². The Kier molecular flexibility index (Phi) is 2.89. The number of nitrogens with one attached hydrogen (secondary N) is 1. The van der Waals surface area contributed by atoms with Crippen LogP contribution < -0.4 is 5.32 Å². The van der Waals surface area contributed by atoms with Crippen molar-refractivity contribution in [1.82, 2.24) is 9.88 Å². The standard InChI is InChI=1S/C10H14ClN3/c1-12-10-4-3-8(11)9(13-10)7-14-5-2-6-14/h3-4H,2,5-7H2,1H3,(H,12,13). The van der Waals surface area contributed by atoms with Crippen molar-refractivity contribution in [2.24, 2.45) is 0 Å². The summed E-state index contributed by atoms with van der Waals surface area (Å²) in [4.78, 5) is 6.77. The second-order valence-corrected chi connectivity index (χ2v) is 3.91. The molecule has 4 heteroatoms. The fourth-order valence-electron chi connectivity index (χ4n) is 1.49. The molecule has 1 aliphatic heterocycles. The minimum Gasteiger partial charge on any atom is -0.373 e. The number of anilines is 1. The van der Waals surface area contributed by atoms with Crippen LogP contribution in [0, 0.1) is 0 Å². The van der Waals surface area contributed by atoms with Gasteiger partial charge in [-0.25, -0.2) is 4.98 Å². The molecule has 0 aromatic carbocycles. The summed E-state index contributed by atoms with van der Waals surface area (Å²) in [7, 11) is 1.86. The molecular formula is C10H14ClN3. The topological polar surface area (TPSA) is 28.2 Å². The molecule has 0 amide bonds. The molecule has 0 radical (unpaired) electrons. The molecule has 0 spiro atoms. The van der Waals surface area contributed by atoms with E-state index in [1.165, 1.54) is 19.5 Å². The molecule has 1 fully saturated rings. The zero-order valence-corrected chi connectivity index (χ0v) is 9.01. The molecule has 0 saturated carbocycles. The number of likely N-dealkylation sites (tertiary alicyclic amines) is 1. The Labute approximate surface area is 89.1 Å². The Morgan fingerprint density at radius 3 is 2.86 bits per heavy atom. The molecule has 76 valence electrons. The van der Waals surface area contributed by atoms with Gasteiger partial charge < -0.3 is 5.32 Å². The first-order chi connectivity index (χ1) is 6.79. The molecule has 2 rings (SSSR count). The highest BCUT2D eigenvalue weighted by Crippen LogP contribution is 2.20. The average Bonchev–Trinajstić information content (AvgIpc) is 2.14. The molecule has 0 unspecified atom stereocenters. The molecule has 14 heavy (non-hydrogen) atoms. The van der Waals surface area contributed by atoms with Crippen molar-refractivity contribution < 1.29 is 0 Å². The van der Waals surface area contributed by atoms with E-state index in [0.29, 0.717) is 0 Å². The van der Waals surface area contributed by atoms with Crippen molar-refractivity contribution >= 4 is 17.4 Å². The van der Waals surface area contributed by atoms with Crippen LogP contribution in [-0.2, 0) is 6.54 Å². The summed E-state index contributed by atoms with van der Waals surface area (Å²) in [6.45, 7) is 3.21. The summed E-state index contributed by atoms with van der Waals surface area (Å²) in [5.41, 5.74) is 0.971. The third kappa shape index (κ3) is 1.99. The van der Waals surface area contributed by atoms with Gasteiger partial charge in [0.05, 0.1) is 10.7 Å². The first-order valence-corrected chi connectivity index (χ1v) is 5.23. The lowest BCUT2D eigenvalue weighted by molar-refractivity contribution is 0.170. The fraction of sp³-hybridized carbons (Fsp3) is 0.500. The Hall–Kier alpha value is -0.800. The van der Waals surface area contributed by atoms with Gasteiger partial charge in [-0.2, -0.15) is 0 Å². The summed E-state index contributed by atoms with van der Waals surface area (Å²) >= 11 is 6.06. The molecule has 0 bridgehead atoms. The Balaban J connectivity index is 2.13. The Morgan fingerprint density at radius 2 is 2.29 bits per heavy atom. The van der Waals surface area contributed by atoms with E-state index in [1.54, 1.807) is 0 Å². The number of pyridine rings is 1. The molecule has 2 heterocycles. The molecule has 1 saturated heterocycles. The molecule has 3 nitrogen and oxygen atoms in total. The van der Waals surface area contributed by atoms with Crippen molar-refractivity contribution in [2.75, 3.05) is 25.5 Å². The number of rotatable bonds is 3. The van der Waals surface area contributed by atoms with E-state index < -0.39 is 0 Å². The number of hydrogen-bond donors (Lipinski definition) is 1. The van der Waals surface area contributed by atoms with Gasteiger partial charge in [0.25, 0.3) is 0 Å². The van der Waals surface area contributed by atoms with Gasteiger partial charge in [0.2, 0.25) is 0 Å². The summed E-state index contributed by atoms with van der Waals surface area (Å²) in [5, 5.41) is 3.78. The van der Waals surface area contributed by atoms with Crippen LogP contribution in [0.3, 0.4) is 0 Å². The van der Waals surface area contributed by atoms with Gasteiger partial charge in [-0.1, -0.05) is 11.6 Å². The van der Waals surface area contributed by atoms with Gasteiger partial charge in [0.15, 0.2) is 0 Å². The second-order valence-electron chi connectivity index (χ2n) is 3.50. The van der Waals surface area contributed by atoms with Gasteiger partial charge in [-0.05, 0) is 31.6 Å². The Bertz CT molecular complexity index is 323. The molecule has 0 aliphatic carbocycles. The van der Waals surface area contributed by atoms with E-state index in [2.05, 4.69) is 15.2 Å². The fourth-order valence-corrected chi connectivity index (χ4v) is 1.65. The third-order valence-corrected chi connectivity index (χ3v) is 2.84. The number of nitrogens with zero attached hydrogens (tertiary/aromatic N) is 2. The van der Waals surface area contributed by atoms with Crippen LogP contribution in [0.5, 0.6) is 0 Å². The minimum absolute atomic E-state index is 0.760.